The molecule has 1 N–H and O–H groups in total. The molecule has 0 aliphatic heterocycles. The summed E-state index contributed by atoms with van der Waals surface area (Å²) in [6.45, 7) is 13.2. The summed E-state index contributed by atoms with van der Waals surface area (Å²) in [4.78, 5) is 24.4. The van der Waals surface area contributed by atoms with E-state index in [1.54, 1.807) is 12.1 Å². The number of carbonyl (C=O) groups is 2. The Hall–Kier alpha value is -1.66. The summed E-state index contributed by atoms with van der Waals surface area (Å²) in [5, 5.41) is 2.85. The van der Waals surface area contributed by atoms with Gasteiger partial charge in [0.1, 0.15) is 6.04 Å². The molecule has 1 aromatic carbocycles. The summed E-state index contributed by atoms with van der Waals surface area (Å²) in [5.74, 6) is -0.748. The number of methoxy groups -OCH3 is 1. The summed E-state index contributed by atoms with van der Waals surface area (Å²) in [7, 11) is -0.570. The number of carbonyl (C=O) groups excluding carboxylic acids is 2. The molecule has 0 fully saturated rings. The average molecular weight is 366 g/mol. The molecule has 1 amide bonds. The Morgan fingerprint density at radius 1 is 1.16 bits per heavy atom. The van der Waals surface area contributed by atoms with E-state index in [1.807, 2.05) is 19.1 Å². The van der Waals surface area contributed by atoms with Crippen molar-refractivity contribution in [1.29, 1.82) is 0 Å². The lowest BCUT2D eigenvalue weighted by atomic mass is 10.1. The summed E-state index contributed by atoms with van der Waals surface area (Å²) in [6.07, 6.45) is 0.386. The van der Waals surface area contributed by atoms with Gasteiger partial charge in [0.15, 0.2) is 8.32 Å². The Kier molecular flexibility index (Phi) is 7.38. The van der Waals surface area contributed by atoms with Gasteiger partial charge < -0.3 is 14.5 Å². The van der Waals surface area contributed by atoms with Gasteiger partial charge in [0.05, 0.1) is 7.11 Å². The summed E-state index contributed by atoms with van der Waals surface area (Å²) < 4.78 is 10.9. The molecule has 5 nitrogen and oxygen atoms in total. The third-order valence-electron chi connectivity index (χ3n) is 4.78. The molecular formula is C19H31NO4Si. The van der Waals surface area contributed by atoms with Crippen LogP contribution < -0.4 is 5.32 Å². The molecule has 1 rings (SSSR count). The first-order valence-corrected chi connectivity index (χ1v) is 11.5. The highest BCUT2D eigenvalue weighted by molar-refractivity contribution is 6.74. The number of hydrogen-bond acceptors (Lipinski definition) is 4. The highest BCUT2D eigenvalue weighted by Gasteiger charge is 2.37. The topological polar surface area (TPSA) is 64.6 Å². The van der Waals surface area contributed by atoms with Crippen LogP contribution in [0.3, 0.4) is 0 Å². The van der Waals surface area contributed by atoms with E-state index in [0.717, 1.165) is 5.56 Å². The first-order chi connectivity index (χ1) is 11.5. The third-order valence-corrected chi connectivity index (χ3v) is 9.32. The van der Waals surface area contributed by atoms with Gasteiger partial charge in [-0.2, -0.15) is 0 Å². The normalized spacial score (nSPS) is 13.2. The molecule has 0 bridgehead atoms. The van der Waals surface area contributed by atoms with Crippen LogP contribution in [-0.2, 0) is 14.0 Å². The number of hydrogen-bond donors (Lipinski definition) is 1. The quantitative estimate of drug-likeness (QED) is 0.591. The van der Waals surface area contributed by atoms with Crippen LogP contribution in [-0.4, -0.2) is 40.0 Å². The van der Waals surface area contributed by atoms with E-state index < -0.39 is 20.3 Å². The molecule has 0 radical (unpaired) electrons. The van der Waals surface area contributed by atoms with Gasteiger partial charge >= 0.3 is 5.97 Å². The maximum atomic E-state index is 12.4. The maximum absolute atomic E-state index is 12.4. The van der Waals surface area contributed by atoms with Crippen LogP contribution in [0.25, 0.3) is 0 Å². The maximum Gasteiger partial charge on any atom is 0.328 e. The van der Waals surface area contributed by atoms with E-state index in [-0.39, 0.29) is 10.9 Å². The van der Waals surface area contributed by atoms with Crippen LogP contribution in [0.5, 0.6) is 0 Å². The van der Waals surface area contributed by atoms with E-state index in [2.05, 4.69) is 39.2 Å². The number of rotatable bonds is 7. The van der Waals surface area contributed by atoms with Gasteiger partial charge in [0, 0.05) is 18.6 Å². The molecular weight excluding hydrogens is 334 g/mol. The zero-order valence-corrected chi connectivity index (χ0v) is 17.4. The second-order valence-corrected chi connectivity index (χ2v) is 12.6. The molecule has 0 saturated carbocycles. The molecule has 0 aliphatic carbocycles. The number of benzene rings is 1. The van der Waals surface area contributed by atoms with Crippen molar-refractivity contribution in [2.75, 3.05) is 13.7 Å². The van der Waals surface area contributed by atoms with Crippen molar-refractivity contribution in [3.05, 3.63) is 35.4 Å². The van der Waals surface area contributed by atoms with Gasteiger partial charge in [-0.15, -0.1) is 0 Å². The SMILES string of the molecule is COC(=O)C(CCO[Si](C)(C)C(C)(C)C)NC(=O)c1ccc(C)cc1. The van der Waals surface area contributed by atoms with Gasteiger partial charge in [0.25, 0.3) is 5.91 Å². The van der Waals surface area contributed by atoms with Crippen molar-refractivity contribution in [2.24, 2.45) is 0 Å². The van der Waals surface area contributed by atoms with E-state index >= 15 is 0 Å². The van der Waals surface area contributed by atoms with Crippen molar-refractivity contribution >= 4 is 20.2 Å². The number of ether oxygens (including phenoxy) is 1. The summed E-state index contributed by atoms with van der Waals surface area (Å²) >= 11 is 0. The van der Waals surface area contributed by atoms with Crippen LogP contribution in [0.4, 0.5) is 0 Å². The standard InChI is InChI=1S/C19H31NO4Si/c1-14-8-10-15(11-9-14)17(21)20-16(18(22)23-5)12-13-24-25(6,7)19(2,3)4/h8-11,16H,12-13H2,1-7H3,(H,20,21). The average Bonchev–Trinajstić information content (AvgIpc) is 2.52. The highest BCUT2D eigenvalue weighted by Crippen LogP contribution is 2.36. The van der Waals surface area contributed by atoms with Crippen molar-refractivity contribution in [3.8, 4) is 0 Å². The lowest BCUT2D eigenvalue weighted by Crippen LogP contribution is -2.45. The third kappa shape index (κ3) is 6.29. The molecule has 140 valence electrons. The van der Waals surface area contributed by atoms with Crippen LogP contribution in [0.15, 0.2) is 24.3 Å². The number of nitrogens with one attached hydrogen (secondary N) is 1. The predicted molar refractivity (Wildman–Crippen MR) is 102 cm³/mol. The van der Waals surface area contributed by atoms with Crippen LogP contribution >= 0.6 is 0 Å². The van der Waals surface area contributed by atoms with Gasteiger partial charge in [-0.3, -0.25) is 4.79 Å². The Morgan fingerprint density at radius 3 is 2.20 bits per heavy atom. The molecule has 25 heavy (non-hydrogen) atoms. The highest BCUT2D eigenvalue weighted by atomic mass is 28.4. The van der Waals surface area contributed by atoms with E-state index in [1.165, 1.54) is 7.11 Å². The minimum Gasteiger partial charge on any atom is -0.467 e. The van der Waals surface area contributed by atoms with E-state index in [0.29, 0.717) is 18.6 Å². The number of aryl methyl sites for hydroxylation is 1. The number of esters is 1. The fraction of sp³-hybridized carbons (Fsp3) is 0.579. The number of amides is 1. The first kappa shape index (κ1) is 21.4. The van der Waals surface area contributed by atoms with Crippen LogP contribution in [0, 0.1) is 6.92 Å². The van der Waals surface area contributed by atoms with Gasteiger partial charge in [-0.1, -0.05) is 38.5 Å². The minimum absolute atomic E-state index is 0.0961. The molecule has 1 atom stereocenters. The molecule has 0 spiro atoms. The van der Waals surface area contributed by atoms with Crippen molar-refractivity contribution in [3.63, 3.8) is 0 Å². The lowest BCUT2D eigenvalue weighted by molar-refractivity contribution is -0.143. The van der Waals surface area contributed by atoms with E-state index in [4.69, 9.17) is 9.16 Å². The Bertz CT molecular complexity index is 590. The monoisotopic (exact) mass is 365 g/mol. The Morgan fingerprint density at radius 2 is 1.72 bits per heavy atom. The molecule has 0 saturated heterocycles. The predicted octanol–water partition coefficient (Wildman–Crippen LogP) is 3.68. The zero-order chi connectivity index (χ0) is 19.3. The van der Waals surface area contributed by atoms with Crippen LogP contribution in [0.2, 0.25) is 18.1 Å². The van der Waals surface area contributed by atoms with E-state index in [9.17, 15) is 9.59 Å². The van der Waals surface area contributed by atoms with Gasteiger partial charge in [0.2, 0.25) is 0 Å². The fourth-order valence-electron chi connectivity index (χ4n) is 1.99. The first-order valence-electron chi connectivity index (χ1n) is 8.57. The van der Waals surface area contributed by atoms with Crippen LogP contribution in [0.1, 0.15) is 43.1 Å². The lowest BCUT2D eigenvalue weighted by Gasteiger charge is -2.36. The van der Waals surface area contributed by atoms with Gasteiger partial charge in [-0.25, -0.2) is 4.79 Å². The van der Waals surface area contributed by atoms with Crippen molar-refractivity contribution < 1.29 is 18.8 Å². The molecule has 0 aliphatic rings. The second-order valence-electron chi connectivity index (χ2n) is 7.81. The molecule has 6 heteroatoms. The molecule has 0 heterocycles. The molecule has 1 unspecified atom stereocenters. The minimum atomic E-state index is -1.89. The molecule has 1 aromatic rings. The Labute approximate surface area is 152 Å². The molecule has 0 aromatic heterocycles. The van der Waals surface area contributed by atoms with Crippen molar-refractivity contribution in [1.82, 2.24) is 5.32 Å². The fourth-order valence-corrected chi connectivity index (χ4v) is 3.05. The Balaban J connectivity index is 2.70. The van der Waals surface area contributed by atoms with Gasteiger partial charge in [-0.05, 0) is 37.2 Å². The largest absolute Gasteiger partial charge is 0.467 e. The summed E-state index contributed by atoms with van der Waals surface area (Å²) in [5.41, 5.74) is 1.59. The smallest absolute Gasteiger partial charge is 0.328 e. The second kappa shape index (κ2) is 8.63. The zero-order valence-electron chi connectivity index (χ0n) is 16.4. The summed E-state index contributed by atoms with van der Waals surface area (Å²) in [6, 6.07) is 6.49. The van der Waals surface area contributed by atoms with Crippen molar-refractivity contribution in [2.45, 2.75) is 58.3 Å².